The third kappa shape index (κ3) is 7.84. The summed E-state index contributed by atoms with van der Waals surface area (Å²) in [6.45, 7) is 4.86. The summed E-state index contributed by atoms with van der Waals surface area (Å²) in [6.07, 6.45) is -4.80. The fourth-order valence-corrected chi connectivity index (χ4v) is 5.44. The molecule has 1 fully saturated rings. The molecule has 0 spiro atoms. The lowest BCUT2D eigenvalue weighted by Gasteiger charge is -2.21. The maximum absolute atomic E-state index is 12.9. The van der Waals surface area contributed by atoms with Crippen molar-refractivity contribution in [1.29, 1.82) is 0 Å². The molecule has 1 saturated heterocycles. The lowest BCUT2D eigenvalue weighted by Crippen LogP contribution is -2.31. The van der Waals surface area contributed by atoms with Crippen molar-refractivity contribution in [3.05, 3.63) is 78.4 Å². The van der Waals surface area contributed by atoms with Gasteiger partial charge in [0.15, 0.2) is 11.0 Å². The van der Waals surface area contributed by atoms with Crippen LogP contribution in [-0.2, 0) is 9.53 Å². The molecule has 2 heterocycles. The van der Waals surface area contributed by atoms with Gasteiger partial charge in [-0.1, -0.05) is 43.8 Å². The average Bonchev–Trinajstić information content (AvgIpc) is 3.60. The van der Waals surface area contributed by atoms with E-state index in [2.05, 4.69) is 30.4 Å². The number of alkyl halides is 3. The van der Waals surface area contributed by atoms with Gasteiger partial charge in [-0.05, 0) is 66.1 Å². The van der Waals surface area contributed by atoms with E-state index < -0.39 is 12.4 Å². The van der Waals surface area contributed by atoms with Crippen LogP contribution >= 0.6 is 11.8 Å². The van der Waals surface area contributed by atoms with E-state index in [9.17, 15) is 22.8 Å². The molecular formula is C31H30F3N7O4S. The first kappa shape index (κ1) is 32.5. The van der Waals surface area contributed by atoms with Crippen molar-refractivity contribution in [3.63, 3.8) is 0 Å². The van der Waals surface area contributed by atoms with Gasteiger partial charge in [0.25, 0.3) is 0 Å². The number of aromatic nitrogens is 3. The first-order valence-electron chi connectivity index (χ1n) is 14.1. The number of thioether (sulfide) groups is 1. The number of carbonyl (C=O) groups excluding carboxylic acids is 2. The van der Waals surface area contributed by atoms with E-state index in [1.807, 2.05) is 38.1 Å². The number of nitrogens with one attached hydrogen (secondary N) is 2. The highest BCUT2D eigenvalue weighted by molar-refractivity contribution is 8.15. The predicted molar refractivity (Wildman–Crippen MR) is 171 cm³/mol. The smallest absolute Gasteiger partial charge is 0.406 e. The summed E-state index contributed by atoms with van der Waals surface area (Å²) in [4.78, 5) is 35.9. The first-order valence-corrected chi connectivity index (χ1v) is 15.1. The average molecular weight is 654 g/mol. The molecule has 240 valence electrons. The Balaban J connectivity index is 1.33. The van der Waals surface area contributed by atoms with Crippen LogP contribution in [0, 0.1) is 0 Å². The van der Waals surface area contributed by atoms with E-state index in [0.717, 1.165) is 5.56 Å². The van der Waals surface area contributed by atoms with E-state index in [0.29, 0.717) is 52.7 Å². The van der Waals surface area contributed by atoms with Gasteiger partial charge in [-0.15, -0.1) is 18.3 Å². The molecule has 3 amide bonds. The lowest BCUT2D eigenvalue weighted by atomic mass is 10.0. The number of amides is 3. The normalized spacial score (nSPS) is 14.3. The molecule has 0 unspecified atom stereocenters. The number of para-hydroxylation sites is 1. The number of aliphatic imine (C=N–C) groups is 1. The molecular weight excluding hydrogens is 623 g/mol. The molecule has 0 saturated carbocycles. The van der Waals surface area contributed by atoms with Crippen molar-refractivity contribution >= 4 is 46.2 Å². The van der Waals surface area contributed by atoms with Gasteiger partial charge in [0.1, 0.15) is 5.75 Å². The zero-order valence-electron chi connectivity index (χ0n) is 25.0. The van der Waals surface area contributed by atoms with E-state index in [4.69, 9.17) is 4.74 Å². The second-order valence-electron chi connectivity index (χ2n) is 10.3. The largest absolute Gasteiger partial charge is 0.573 e. The number of rotatable bonds is 10. The van der Waals surface area contributed by atoms with Crippen molar-refractivity contribution < 1.29 is 32.2 Å². The third-order valence-electron chi connectivity index (χ3n) is 6.67. The minimum Gasteiger partial charge on any atom is -0.406 e. The molecule has 2 N–H and O–H groups in total. The zero-order valence-corrected chi connectivity index (χ0v) is 25.9. The van der Waals surface area contributed by atoms with Gasteiger partial charge < -0.3 is 20.1 Å². The number of anilines is 3. The summed E-state index contributed by atoms with van der Waals surface area (Å²) in [6, 6.07) is 18.9. The van der Waals surface area contributed by atoms with Gasteiger partial charge in [-0.2, -0.15) is 14.7 Å². The Kier molecular flexibility index (Phi) is 9.92. The number of amidine groups is 1. The molecule has 5 rings (SSSR count). The van der Waals surface area contributed by atoms with Gasteiger partial charge in [0.05, 0.1) is 23.7 Å². The van der Waals surface area contributed by atoms with E-state index in [-0.39, 0.29) is 23.3 Å². The van der Waals surface area contributed by atoms with Crippen molar-refractivity contribution in [1.82, 2.24) is 14.8 Å². The van der Waals surface area contributed by atoms with Crippen molar-refractivity contribution in [3.8, 4) is 22.8 Å². The van der Waals surface area contributed by atoms with Crippen LogP contribution in [0.15, 0.2) is 77.8 Å². The van der Waals surface area contributed by atoms with E-state index in [1.54, 1.807) is 31.4 Å². The van der Waals surface area contributed by atoms with Crippen LogP contribution < -0.4 is 20.3 Å². The highest BCUT2D eigenvalue weighted by atomic mass is 32.2. The van der Waals surface area contributed by atoms with Crippen LogP contribution in [0.5, 0.6) is 5.75 Å². The molecule has 3 aromatic carbocycles. The van der Waals surface area contributed by atoms with Crippen molar-refractivity contribution in [2.45, 2.75) is 26.1 Å². The van der Waals surface area contributed by atoms with Gasteiger partial charge in [0.2, 0.25) is 11.9 Å². The SMILES string of the molecule is COCCNc1nc(-c2ccc(NC(=O)N=C3SCC(=O)N3c3ccccc3C(C)C)cc2)nn1-c1ccc(OC(F)(F)F)cc1. The number of urea groups is 1. The molecule has 0 bridgehead atoms. The fraction of sp³-hybridized carbons (Fsp3) is 0.258. The standard InChI is InChI=1S/C31H30F3N7O4S/c1-19(2)24-6-4-5-7-25(24)40-26(42)18-46-30(40)38-29(43)36-21-10-8-20(9-11-21)27-37-28(35-16-17-44-3)41(39-27)22-12-14-23(15-13-22)45-31(32,33)34/h4-15,19H,16-18H2,1-3H3,(H,36,43)(H,35,37,39). The van der Waals surface area contributed by atoms with Crippen molar-refractivity contribution in [2.75, 3.05) is 41.5 Å². The molecule has 1 aliphatic heterocycles. The minimum atomic E-state index is -4.80. The van der Waals surface area contributed by atoms with Gasteiger partial charge in [-0.25, -0.2) is 4.79 Å². The number of nitrogens with zero attached hydrogens (tertiary/aromatic N) is 5. The molecule has 46 heavy (non-hydrogen) atoms. The Morgan fingerprint density at radius 2 is 1.78 bits per heavy atom. The number of ether oxygens (including phenoxy) is 2. The Morgan fingerprint density at radius 1 is 1.07 bits per heavy atom. The second kappa shape index (κ2) is 14.0. The summed E-state index contributed by atoms with van der Waals surface area (Å²) < 4.78 is 48.3. The van der Waals surface area contributed by atoms with Crippen LogP contribution in [0.4, 0.5) is 35.3 Å². The van der Waals surface area contributed by atoms with Crippen LogP contribution in [0.1, 0.15) is 25.3 Å². The molecule has 0 radical (unpaired) electrons. The number of hydrogen-bond acceptors (Lipinski definition) is 8. The summed E-state index contributed by atoms with van der Waals surface area (Å²) in [7, 11) is 1.55. The first-order chi connectivity index (χ1) is 22.0. The van der Waals surface area contributed by atoms with Crippen molar-refractivity contribution in [2.24, 2.45) is 4.99 Å². The number of benzene rings is 3. The van der Waals surface area contributed by atoms with E-state index >= 15 is 0 Å². The van der Waals surface area contributed by atoms with Crippen LogP contribution in [0.25, 0.3) is 17.1 Å². The molecule has 11 nitrogen and oxygen atoms in total. The Bertz CT molecular complexity index is 1730. The summed E-state index contributed by atoms with van der Waals surface area (Å²) in [5.41, 5.74) is 3.20. The third-order valence-corrected chi connectivity index (χ3v) is 7.59. The monoisotopic (exact) mass is 653 g/mol. The number of carbonyl (C=O) groups is 2. The van der Waals surface area contributed by atoms with Crippen LogP contribution in [0.2, 0.25) is 0 Å². The number of methoxy groups -OCH3 is 1. The predicted octanol–water partition coefficient (Wildman–Crippen LogP) is 6.68. The lowest BCUT2D eigenvalue weighted by molar-refractivity contribution is -0.274. The molecule has 1 aromatic heterocycles. The fourth-order valence-electron chi connectivity index (χ4n) is 4.58. The second-order valence-corrected chi connectivity index (χ2v) is 11.2. The summed E-state index contributed by atoms with van der Waals surface area (Å²) >= 11 is 1.20. The maximum atomic E-state index is 12.9. The minimum absolute atomic E-state index is 0.150. The summed E-state index contributed by atoms with van der Waals surface area (Å²) in [5.74, 6) is 0.508. The topological polar surface area (TPSA) is 123 Å². The molecule has 15 heteroatoms. The zero-order chi connectivity index (χ0) is 32.8. The summed E-state index contributed by atoms with van der Waals surface area (Å²) in [5, 5.41) is 10.7. The van der Waals surface area contributed by atoms with Crippen LogP contribution in [0.3, 0.4) is 0 Å². The molecule has 4 aromatic rings. The maximum Gasteiger partial charge on any atom is 0.573 e. The van der Waals surface area contributed by atoms with E-state index in [1.165, 1.54) is 45.6 Å². The Hall–Kier alpha value is -4.89. The molecule has 1 aliphatic rings. The Morgan fingerprint density at radius 3 is 2.46 bits per heavy atom. The van der Waals surface area contributed by atoms with Gasteiger partial charge in [0, 0.05) is 24.9 Å². The quantitative estimate of drug-likeness (QED) is 0.182. The number of hydrogen-bond donors (Lipinski definition) is 2. The Labute approximate surface area is 266 Å². The van der Waals surface area contributed by atoms with Gasteiger partial charge >= 0.3 is 12.4 Å². The van der Waals surface area contributed by atoms with Gasteiger partial charge in [-0.3, -0.25) is 9.69 Å². The van der Waals surface area contributed by atoms with Crippen LogP contribution in [-0.4, -0.2) is 64.2 Å². The highest BCUT2D eigenvalue weighted by Crippen LogP contribution is 2.33. The molecule has 0 atom stereocenters. The highest BCUT2D eigenvalue weighted by Gasteiger charge is 2.32. The number of halogens is 3. The molecule has 0 aliphatic carbocycles.